The van der Waals surface area contributed by atoms with Crippen molar-refractivity contribution < 1.29 is 4.74 Å². The van der Waals surface area contributed by atoms with E-state index in [0.29, 0.717) is 18.9 Å². The summed E-state index contributed by atoms with van der Waals surface area (Å²) >= 11 is 0. The zero-order valence-corrected chi connectivity index (χ0v) is 11.4. The highest BCUT2D eigenvalue weighted by atomic mass is 16.5. The smallest absolute Gasteiger partial charge is 0.119 e. The van der Waals surface area contributed by atoms with Crippen LogP contribution in [0.15, 0.2) is 24.3 Å². The molecule has 0 fully saturated rings. The number of nitrogens with two attached hydrogens (primary N) is 1. The van der Waals surface area contributed by atoms with Gasteiger partial charge >= 0.3 is 0 Å². The van der Waals surface area contributed by atoms with Crippen LogP contribution in [0.1, 0.15) is 51.0 Å². The van der Waals surface area contributed by atoms with Crippen LogP contribution in [0, 0.1) is 5.41 Å². The van der Waals surface area contributed by atoms with Crippen LogP contribution in [-0.2, 0) is 0 Å². The Balaban J connectivity index is 2.29. The molecule has 0 aliphatic rings. The molecule has 0 aliphatic carbocycles. The van der Waals surface area contributed by atoms with Crippen molar-refractivity contribution in [3.8, 4) is 5.75 Å². The predicted molar refractivity (Wildman–Crippen MR) is 76.4 cm³/mol. The standard InChI is InChI=1S/C15H24N2O/c1-3-12(2)13-7-9-14(10-8-13)18-11-5-4-6-15(16)17/h7-10,12H,3-6,11H2,1-2H3,(H3,16,17). The summed E-state index contributed by atoms with van der Waals surface area (Å²) in [6.07, 6.45) is 3.68. The first kappa shape index (κ1) is 14.6. The molecule has 1 unspecified atom stereocenters. The minimum absolute atomic E-state index is 0.257. The number of unbranched alkanes of at least 4 members (excludes halogenated alkanes) is 1. The fourth-order valence-electron chi connectivity index (χ4n) is 1.74. The molecule has 0 amide bonds. The summed E-state index contributed by atoms with van der Waals surface area (Å²) < 4.78 is 5.64. The number of ether oxygens (including phenoxy) is 1. The van der Waals surface area contributed by atoms with Gasteiger partial charge in [0, 0.05) is 6.42 Å². The lowest BCUT2D eigenvalue weighted by Gasteiger charge is -2.10. The van der Waals surface area contributed by atoms with Gasteiger partial charge in [0.25, 0.3) is 0 Å². The van der Waals surface area contributed by atoms with Crippen LogP contribution in [-0.4, -0.2) is 12.4 Å². The van der Waals surface area contributed by atoms with Crippen molar-refractivity contribution in [1.29, 1.82) is 5.41 Å². The number of amidine groups is 1. The van der Waals surface area contributed by atoms with E-state index in [1.54, 1.807) is 0 Å². The molecular formula is C15H24N2O. The van der Waals surface area contributed by atoms with Crippen LogP contribution < -0.4 is 10.5 Å². The van der Waals surface area contributed by atoms with Crippen molar-refractivity contribution in [2.24, 2.45) is 5.73 Å². The Morgan fingerprint density at radius 3 is 2.50 bits per heavy atom. The lowest BCUT2D eigenvalue weighted by molar-refractivity contribution is 0.308. The Kier molecular flexibility index (Phi) is 6.26. The number of hydrogen-bond donors (Lipinski definition) is 2. The van der Waals surface area contributed by atoms with Gasteiger partial charge < -0.3 is 10.5 Å². The predicted octanol–water partition coefficient (Wildman–Crippen LogP) is 3.69. The zero-order chi connectivity index (χ0) is 13.4. The molecule has 3 N–H and O–H groups in total. The second kappa shape index (κ2) is 7.75. The first-order valence-corrected chi connectivity index (χ1v) is 6.69. The lowest BCUT2D eigenvalue weighted by Crippen LogP contribution is -2.09. The van der Waals surface area contributed by atoms with E-state index in [9.17, 15) is 0 Å². The summed E-state index contributed by atoms with van der Waals surface area (Å²) in [5.74, 6) is 1.78. The van der Waals surface area contributed by atoms with Crippen LogP contribution in [0.4, 0.5) is 0 Å². The second-order valence-electron chi connectivity index (χ2n) is 4.71. The number of nitrogens with one attached hydrogen (secondary N) is 1. The SMILES string of the molecule is CCC(C)c1ccc(OCCCCC(=N)N)cc1. The molecule has 0 aromatic heterocycles. The average Bonchev–Trinajstić information content (AvgIpc) is 2.38. The van der Waals surface area contributed by atoms with Crippen molar-refractivity contribution in [1.82, 2.24) is 0 Å². The first-order valence-electron chi connectivity index (χ1n) is 6.69. The van der Waals surface area contributed by atoms with E-state index in [1.165, 1.54) is 5.56 Å². The van der Waals surface area contributed by atoms with Gasteiger partial charge in [-0.05, 0) is 42.9 Å². The van der Waals surface area contributed by atoms with Gasteiger partial charge in [-0.15, -0.1) is 0 Å². The van der Waals surface area contributed by atoms with E-state index in [2.05, 4.69) is 26.0 Å². The summed E-state index contributed by atoms with van der Waals surface area (Å²) in [6, 6.07) is 8.34. The van der Waals surface area contributed by atoms with E-state index in [-0.39, 0.29) is 5.84 Å². The highest BCUT2D eigenvalue weighted by Crippen LogP contribution is 2.21. The second-order valence-corrected chi connectivity index (χ2v) is 4.71. The van der Waals surface area contributed by atoms with Crippen LogP contribution in [0.2, 0.25) is 0 Å². The summed E-state index contributed by atoms with van der Waals surface area (Å²) in [4.78, 5) is 0. The van der Waals surface area contributed by atoms with Crippen molar-refractivity contribution in [3.63, 3.8) is 0 Å². The summed E-state index contributed by atoms with van der Waals surface area (Å²) in [5.41, 5.74) is 6.65. The molecule has 1 rings (SSSR count). The Morgan fingerprint density at radius 2 is 1.94 bits per heavy atom. The van der Waals surface area contributed by atoms with Gasteiger partial charge in [0.1, 0.15) is 5.75 Å². The first-order chi connectivity index (χ1) is 8.63. The molecule has 0 saturated carbocycles. The van der Waals surface area contributed by atoms with Crippen molar-refractivity contribution >= 4 is 5.84 Å². The molecule has 1 aromatic rings. The fraction of sp³-hybridized carbons (Fsp3) is 0.533. The van der Waals surface area contributed by atoms with Crippen LogP contribution in [0.25, 0.3) is 0 Å². The molecule has 1 aromatic carbocycles. The maximum absolute atomic E-state index is 7.11. The quantitative estimate of drug-likeness (QED) is 0.419. The molecule has 0 aliphatic heterocycles. The highest BCUT2D eigenvalue weighted by molar-refractivity contribution is 5.76. The van der Waals surface area contributed by atoms with E-state index >= 15 is 0 Å². The molecule has 100 valence electrons. The van der Waals surface area contributed by atoms with E-state index in [4.69, 9.17) is 15.9 Å². The van der Waals surface area contributed by atoms with Crippen molar-refractivity contribution in [2.75, 3.05) is 6.61 Å². The van der Waals surface area contributed by atoms with Gasteiger partial charge in [-0.1, -0.05) is 26.0 Å². The van der Waals surface area contributed by atoms with Crippen LogP contribution in [0.3, 0.4) is 0 Å². The molecule has 0 spiro atoms. The van der Waals surface area contributed by atoms with Gasteiger partial charge in [-0.25, -0.2) is 0 Å². The minimum atomic E-state index is 0.257. The molecule has 1 atom stereocenters. The maximum Gasteiger partial charge on any atom is 0.119 e. The number of hydrogen-bond acceptors (Lipinski definition) is 2. The van der Waals surface area contributed by atoms with Gasteiger partial charge in [0.2, 0.25) is 0 Å². The van der Waals surface area contributed by atoms with Crippen LogP contribution in [0.5, 0.6) is 5.75 Å². The van der Waals surface area contributed by atoms with Gasteiger partial charge in [-0.3, -0.25) is 5.41 Å². The third kappa shape index (κ3) is 5.21. The maximum atomic E-state index is 7.11. The van der Waals surface area contributed by atoms with Crippen LogP contribution >= 0.6 is 0 Å². The average molecular weight is 248 g/mol. The summed E-state index contributed by atoms with van der Waals surface area (Å²) in [7, 11) is 0. The topological polar surface area (TPSA) is 59.1 Å². The molecule has 0 heterocycles. The summed E-state index contributed by atoms with van der Waals surface area (Å²) in [5, 5.41) is 7.11. The Labute approximate surface area is 110 Å². The largest absolute Gasteiger partial charge is 0.494 e. The van der Waals surface area contributed by atoms with Gasteiger partial charge in [0.05, 0.1) is 12.4 Å². The lowest BCUT2D eigenvalue weighted by atomic mass is 9.99. The third-order valence-electron chi connectivity index (χ3n) is 3.17. The Morgan fingerprint density at radius 1 is 1.28 bits per heavy atom. The van der Waals surface area contributed by atoms with Crippen molar-refractivity contribution in [3.05, 3.63) is 29.8 Å². The van der Waals surface area contributed by atoms with E-state index in [1.807, 2.05) is 12.1 Å². The van der Waals surface area contributed by atoms with Gasteiger partial charge in [-0.2, -0.15) is 0 Å². The van der Waals surface area contributed by atoms with E-state index < -0.39 is 0 Å². The van der Waals surface area contributed by atoms with Crippen molar-refractivity contribution in [2.45, 2.75) is 45.4 Å². The van der Waals surface area contributed by atoms with Gasteiger partial charge in [0.15, 0.2) is 0 Å². The monoisotopic (exact) mass is 248 g/mol. The molecule has 0 saturated heterocycles. The molecule has 3 heteroatoms. The fourth-order valence-corrected chi connectivity index (χ4v) is 1.74. The Bertz CT molecular complexity index is 359. The number of rotatable bonds is 8. The molecule has 3 nitrogen and oxygen atoms in total. The highest BCUT2D eigenvalue weighted by Gasteiger charge is 2.02. The molecule has 18 heavy (non-hydrogen) atoms. The normalized spacial score (nSPS) is 12.1. The van der Waals surface area contributed by atoms with E-state index in [0.717, 1.165) is 25.0 Å². The Hall–Kier alpha value is -1.51. The third-order valence-corrected chi connectivity index (χ3v) is 3.17. The summed E-state index contributed by atoms with van der Waals surface area (Å²) in [6.45, 7) is 5.12. The molecular weight excluding hydrogens is 224 g/mol. The minimum Gasteiger partial charge on any atom is -0.494 e. The number of benzene rings is 1. The molecule has 0 radical (unpaired) electrons. The molecule has 0 bridgehead atoms. The zero-order valence-electron chi connectivity index (χ0n) is 11.4.